The number of amides is 1. The van der Waals surface area contributed by atoms with Crippen LogP contribution in [0.4, 0.5) is 0 Å². The maximum Gasteiger partial charge on any atom is 0.228 e. The molecule has 0 saturated carbocycles. The number of piperidine rings is 1. The third kappa shape index (κ3) is 5.31. The molecule has 9 nitrogen and oxygen atoms in total. The van der Waals surface area contributed by atoms with Crippen molar-refractivity contribution in [2.45, 2.75) is 82.7 Å². The number of nitrogens with two attached hydrogens (primary N) is 1. The van der Waals surface area contributed by atoms with E-state index in [-0.39, 0.29) is 35.4 Å². The Hall–Kier alpha value is -1.57. The molecule has 4 aliphatic rings. The topological polar surface area (TPSA) is 131 Å². The highest BCUT2D eigenvalue weighted by atomic mass is 16.2. The summed E-state index contributed by atoms with van der Waals surface area (Å²) in [7, 11) is 0. The van der Waals surface area contributed by atoms with Crippen LogP contribution in [-0.2, 0) is 4.79 Å². The van der Waals surface area contributed by atoms with Crippen LogP contribution in [0.15, 0.2) is 4.99 Å². The van der Waals surface area contributed by atoms with Crippen LogP contribution in [0.3, 0.4) is 0 Å². The minimum Gasteiger partial charge on any atom is -0.350 e. The molecule has 3 fully saturated rings. The minimum atomic E-state index is -0.456. The van der Waals surface area contributed by atoms with E-state index in [1.807, 2.05) is 6.21 Å². The number of nitriles is 1. The number of hydrogen-bond donors (Lipinski definition) is 5. The molecule has 34 heavy (non-hydrogen) atoms. The van der Waals surface area contributed by atoms with E-state index in [1.165, 1.54) is 0 Å². The average Bonchev–Trinajstić information content (AvgIpc) is 2.91. The Balaban J connectivity index is 1.56. The van der Waals surface area contributed by atoms with Crippen LogP contribution >= 0.6 is 0 Å². The normalized spacial score (nSPS) is 38.4. The van der Waals surface area contributed by atoms with Gasteiger partial charge in [0, 0.05) is 63.4 Å². The summed E-state index contributed by atoms with van der Waals surface area (Å²) in [5.41, 5.74) is 6.75. The van der Waals surface area contributed by atoms with Crippen molar-refractivity contribution in [1.29, 1.82) is 5.26 Å². The van der Waals surface area contributed by atoms with Gasteiger partial charge in [-0.2, -0.15) is 5.26 Å². The Labute approximate surface area is 204 Å². The molecule has 0 aliphatic carbocycles. The number of rotatable bonds is 6. The van der Waals surface area contributed by atoms with Gasteiger partial charge in [-0.05, 0) is 44.1 Å². The van der Waals surface area contributed by atoms with Gasteiger partial charge in [0.1, 0.15) is 0 Å². The second-order valence-corrected chi connectivity index (χ2v) is 10.7. The molecule has 7 atom stereocenters. The van der Waals surface area contributed by atoms with Crippen molar-refractivity contribution in [3.8, 4) is 6.07 Å². The zero-order chi connectivity index (χ0) is 24.1. The van der Waals surface area contributed by atoms with Gasteiger partial charge in [0.15, 0.2) is 0 Å². The van der Waals surface area contributed by atoms with Crippen molar-refractivity contribution >= 4 is 12.1 Å². The van der Waals surface area contributed by atoms with E-state index in [4.69, 9.17) is 10.7 Å². The Morgan fingerprint density at radius 1 is 1.26 bits per heavy atom. The molecular weight excluding hydrogens is 428 g/mol. The van der Waals surface area contributed by atoms with Crippen LogP contribution in [0, 0.1) is 28.6 Å². The summed E-state index contributed by atoms with van der Waals surface area (Å²) in [5, 5.41) is 23.3. The molecule has 0 spiro atoms. The van der Waals surface area contributed by atoms with Gasteiger partial charge in [-0.15, -0.1) is 0 Å². The Kier molecular flexibility index (Phi) is 8.59. The molecule has 2 bridgehead atoms. The van der Waals surface area contributed by atoms with E-state index in [2.05, 4.69) is 46.1 Å². The number of carbonyl (C=O) groups excluding carboxylic acids is 1. The molecule has 4 heterocycles. The van der Waals surface area contributed by atoms with E-state index in [1.54, 1.807) is 0 Å². The van der Waals surface area contributed by atoms with Gasteiger partial charge in [0.25, 0.3) is 0 Å². The summed E-state index contributed by atoms with van der Waals surface area (Å²) in [6.45, 7) is 10.3. The van der Waals surface area contributed by atoms with Crippen LogP contribution in [0.5, 0.6) is 0 Å². The first-order valence-corrected chi connectivity index (χ1v) is 13.4. The van der Waals surface area contributed by atoms with Gasteiger partial charge in [-0.25, -0.2) is 0 Å². The van der Waals surface area contributed by atoms with Crippen LogP contribution in [0.2, 0.25) is 0 Å². The fraction of sp³-hybridized carbons (Fsp3) is 0.880. The summed E-state index contributed by atoms with van der Waals surface area (Å²) >= 11 is 0. The Bertz CT molecular complexity index is 757. The largest absolute Gasteiger partial charge is 0.350 e. The lowest BCUT2D eigenvalue weighted by Crippen LogP contribution is -2.64. The first-order chi connectivity index (χ1) is 16.5. The number of nitrogens with one attached hydrogen (secondary N) is 4. The second-order valence-electron chi connectivity index (χ2n) is 10.7. The van der Waals surface area contributed by atoms with Gasteiger partial charge in [-0.3, -0.25) is 20.0 Å². The number of piperazine rings is 1. The average molecular weight is 473 g/mol. The quantitative estimate of drug-likeness (QED) is 0.373. The Morgan fingerprint density at radius 2 is 2.03 bits per heavy atom. The van der Waals surface area contributed by atoms with Crippen molar-refractivity contribution in [3.05, 3.63) is 0 Å². The summed E-state index contributed by atoms with van der Waals surface area (Å²) in [6, 6.07) is 2.72. The van der Waals surface area contributed by atoms with E-state index in [0.717, 1.165) is 71.4 Å². The zero-order valence-electron chi connectivity index (χ0n) is 20.9. The summed E-state index contributed by atoms with van der Waals surface area (Å²) in [6.07, 6.45) is 6.67. The van der Waals surface area contributed by atoms with E-state index >= 15 is 0 Å². The standard InChI is InChI=1S/C25H44N8O/c1-3-25(4-2)14-18-22(23(27)32-21(25)13-17(5-7-26)15-30-18)24(34)31-19-16-29-8-6-20(19)33-11-9-28-10-12-33/h15,17-23,28-29,32H,3-6,8-14,16,27H2,1-2H3,(H,31,34). The van der Waals surface area contributed by atoms with E-state index in [9.17, 15) is 10.1 Å². The molecule has 4 rings (SSSR count). The lowest BCUT2D eigenvalue weighted by atomic mass is 9.68. The van der Waals surface area contributed by atoms with Crippen LogP contribution in [-0.4, -0.2) is 86.6 Å². The van der Waals surface area contributed by atoms with Gasteiger partial charge < -0.3 is 21.7 Å². The van der Waals surface area contributed by atoms with Crippen molar-refractivity contribution < 1.29 is 4.79 Å². The lowest BCUT2D eigenvalue weighted by molar-refractivity contribution is -0.128. The molecule has 3 saturated heterocycles. The Morgan fingerprint density at radius 3 is 2.74 bits per heavy atom. The second kappa shape index (κ2) is 11.4. The first-order valence-electron chi connectivity index (χ1n) is 13.4. The van der Waals surface area contributed by atoms with Crippen LogP contribution in [0.1, 0.15) is 52.4 Å². The van der Waals surface area contributed by atoms with E-state index in [0.29, 0.717) is 12.5 Å². The molecule has 0 aromatic heterocycles. The monoisotopic (exact) mass is 472 g/mol. The predicted molar refractivity (Wildman–Crippen MR) is 134 cm³/mol. The molecule has 0 aromatic carbocycles. The van der Waals surface area contributed by atoms with Gasteiger partial charge in [0.2, 0.25) is 5.91 Å². The third-order valence-electron chi connectivity index (χ3n) is 9.04. The van der Waals surface area contributed by atoms with Crippen molar-refractivity contribution in [1.82, 2.24) is 26.2 Å². The minimum absolute atomic E-state index is 0.0106. The van der Waals surface area contributed by atoms with E-state index < -0.39 is 12.1 Å². The summed E-state index contributed by atoms with van der Waals surface area (Å²) < 4.78 is 0. The molecule has 190 valence electrons. The molecule has 6 N–H and O–H groups in total. The highest BCUT2D eigenvalue weighted by Gasteiger charge is 2.49. The number of nitrogens with zero attached hydrogens (tertiary/aromatic N) is 3. The molecule has 7 unspecified atom stereocenters. The molecule has 1 amide bonds. The van der Waals surface area contributed by atoms with Gasteiger partial charge in [0.05, 0.1) is 30.2 Å². The molecule has 4 aliphatic heterocycles. The smallest absolute Gasteiger partial charge is 0.228 e. The third-order valence-corrected chi connectivity index (χ3v) is 9.04. The van der Waals surface area contributed by atoms with Crippen molar-refractivity contribution in [2.75, 3.05) is 39.3 Å². The molecule has 9 heteroatoms. The number of hydrogen-bond acceptors (Lipinski definition) is 8. The fourth-order valence-corrected chi connectivity index (χ4v) is 6.84. The van der Waals surface area contributed by atoms with Crippen LogP contribution < -0.4 is 27.0 Å². The van der Waals surface area contributed by atoms with Crippen molar-refractivity contribution in [2.24, 2.45) is 28.0 Å². The lowest BCUT2D eigenvalue weighted by Gasteiger charge is -2.43. The number of fused-ring (bicyclic) bond motifs is 3. The predicted octanol–water partition coefficient (Wildman–Crippen LogP) is 0.181. The summed E-state index contributed by atoms with van der Waals surface area (Å²) in [4.78, 5) is 21.3. The maximum atomic E-state index is 13.8. The SMILES string of the molecule is CCC1(CC)CC2N=CC(CC#N)CC1NC(N)C2C(=O)NC1CNCCC1N1CCNCC1. The first kappa shape index (κ1) is 25.5. The molecule has 0 radical (unpaired) electrons. The zero-order valence-corrected chi connectivity index (χ0v) is 20.9. The van der Waals surface area contributed by atoms with Crippen molar-refractivity contribution in [3.63, 3.8) is 0 Å². The molecule has 0 aromatic rings. The van der Waals surface area contributed by atoms with Crippen LogP contribution in [0.25, 0.3) is 0 Å². The molecular formula is C25H44N8O. The number of carbonyl (C=O) groups is 1. The summed E-state index contributed by atoms with van der Waals surface area (Å²) in [5.74, 6) is -0.321. The maximum absolute atomic E-state index is 13.8. The highest BCUT2D eigenvalue weighted by molar-refractivity contribution is 5.81. The van der Waals surface area contributed by atoms with Gasteiger partial charge in [-0.1, -0.05) is 13.8 Å². The highest BCUT2D eigenvalue weighted by Crippen LogP contribution is 2.44. The van der Waals surface area contributed by atoms with Gasteiger partial charge >= 0.3 is 0 Å². The fourth-order valence-electron chi connectivity index (χ4n) is 6.84. The number of aliphatic imine (C=N–C) groups is 1.